The number of nitrogens with zero attached hydrogens (tertiary/aromatic N) is 1. The largest absolute Gasteiger partial charge is 0.348 e. The Morgan fingerprint density at radius 2 is 2.35 bits per heavy atom. The van der Waals surface area contributed by atoms with Gasteiger partial charge in [-0.15, -0.1) is 12.6 Å². The van der Waals surface area contributed by atoms with Crippen LogP contribution in [0.25, 0.3) is 0 Å². The van der Waals surface area contributed by atoms with E-state index in [2.05, 4.69) is 22.8 Å². The van der Waals surface area contributed by atoms with Crippen molar-refractivity contribution in [3.8, 4) is 0 Å². The molecule has 3 nitrogen and oxygen atoms in total. The first kappa shape index (κ1) is 12.7. The fraction of sp³-hybridized carbons (Fsp3) is 0.417. The van der Waals surface area contributed by atoms with Crippen molar-refractivity contribution in [3.05, 3.63) is 28.8 Å². The summed E-state index contributed by atoms with van der Waals surface area (Å²) in [6, 6.07) is 5.37. The lowest BCUT2D eigenvalue weighted by atomic mass is 10.2. The summed E-state index contributed by atoms with van der Waals surface area (Å²) < 4.78 is 0. The predicted octanol–water partition coefficient (Wildman–Crippen LogP) is 2.06. The van der Waals surface area contributed by atoms with E-state index in [1.807, 2.05) is 7.05 Å². The van der Waals surface area contributed by atoms with Crippen LogP contribution in [-0.2, 0) is 0 Å². The second-order valence-electron chi connectivity index (χ2n) is 4.39. The second-order valence-corrected chi connectivity index (χ2v) is 5.31. The molecule has 0 saturated carbocycles. The zero-order chi connectivity index (χ0) is 12.4. The zero-order valence-corrected chi connectivity index (χ0v) is 11.3. The molecule has 1 amide bonds. The van der Waals surface area contributed by atoms with E-state index in [-0.39, 0.29) is 11.9 Å². The molecule has 2 rings (SSSR count). The fourth-order valence-electron chi connectivity index (χ4n) is 2.00. The molecule has 1 fully saturated rings. The lowest BCUT2D eigenvalue weighted by molar-refractivity contribution is 0.0938. The van der Waals surface area contributed by atoms with Gasteiger partial charge in [0.1, 0.15) is 0 Å². The summed E-state index contributed by atoms with van der Waals surface area (Å²) in [6.07, 6.45) is 0.987. The number of hydrogen-bond acceptors (Lipinski definition) is 3. The molecule has 1 aliphatic heterocycles. The number of thiol groups is 1. The highest BCUT2D eigenvalue weighted by atomic mass is 35.5. The van der Waals surface area contributed by atoms with Gasteiger partial charge in [-0.3, -0.25) is 4.79 Å². The van der Waals surface area contributed by atoms with Crippen LogP contribution in [0.5, 0.6) is 0 Å². The summed E-state index contributed by atoms with van der Waals surface area (Å²) in [4.78, 5) is 15.0. The minimum atomic E-state index is -0.119. The Balaban J connectivity index is 2.06. The van der Waals surface area contributed by atoms with Gasteiger partial charge in [-0.05, 0) is 38.2 Å². The van der Waals surface area contributed by atoms with E-state index >= 15 is 0 Å². The number of carbonyl (C=O) groups is 1. The van der Waals surface area contributed by atoms with E-state index in [1.54, 1.807) is 18.2 Å². The van der Waals surface area contributed by atoms with Gasteiger partial charge in [-0.2, -0.15) is 0 Å². The SMILES string of the molecule is CN1CCC(NC(=O)c2cc(S)ccc2Cl)C1. The number of benzene rings is 1. The summed E-state index contributed by atoms with van der Waals surface area (Å²) >= 11 is 10.2. The van der Waals surface area contributed by atoms with Crippen LogP contribution in [0, 0.1) is 0 Å². The van der Waals surface area contributed by atoms with Crippen molar-refractivity contribution < 1.29 is 4.79 Å². The number of nitrogens with one attached hydrogen (secondary N) is 1. The van der Waals surface area contributed by atoms with Crippen molar-refractivity contribution in [2.24, 2.45) is 0 Å². The minimum absolute atomic E-state index is 0.119. The van der Waals surface area contributed by atoms with Crippen molar-refractivity contribution in [1.29, 1.82) is 0 Å². The molecule has 1 N–H and O–H groups in total. The Labute approximate surface area is 112 Å². The van der Waals surface area contributed by atoms with Gasteiger partial charge in [0, 0.05) is 17.5 Å². The van der Waals surface area contributed by atoms with Crippen LogP contribution in [0.1, 0.15) is 16.8 Å². The zero-order valence-electron chi connectivity index (χ0n) is 9.61. The van der Waals surface area contributed by atoms with Crippen molar-refractivity contribution in [2.75, 3.05) is 20.1 Å². The molecule has 5 heteroatoms. The van der Waals surface area contributed by atoms with Gasteiger partial charge in [-0.1, -0.05) is 11.6 Å². The highest BCUT2D eigenvalue weighted by Gasteiger charge is 2.22. The standard InChI is InChI=1S/C12H15ClN2OS/c1-15-5-4-8(7-15)14-12(16)10-6-9(17)2-3-11(10)13/h2-3,6,8,17H,4-5,7H2,1H3,(H,14,16). The van der Waals surface area contributed by atoms with E-state index in [0.717, 1.165) is 24.4 Å². The molecular weight excluding hydrogens is 256 g/mol. The maximum absolute atomic E-state index is 12.0. The van der Waals surface area contributed by atoms with Crippen LogP contribution in [0.2, 0.25) is 5.02 Å². The third-order valence-corrected chi connectivity index (χ3v) is 3.53. The second kappa shape index (κ2) is 5.29. The van der Waals surface area contributed by atoms with Gasteiger partial charge in [0.05, 0.1) is 10.6 Å². The van der Waals surface area contributed by atoms with Gasteiger partial charge < -0.3 is 10.2 Å². The molecule has 1 heterocycles. The number of likely N-dealkylation sites (tertiary alicyclic amines) is 1. The molecule has 0 aliphatic carbocycles. The predicted molar refractivity (Wildman–Crippen MR) is 72.1 cm³/mol. The molecule has 1 saturated heterocycles. The van der Waals surface area contributed by atoms with Gasteiger partial charge in [-0.25, -0.2) is 0 Å². The summed E-state index contributed by atoms with van der Waals surface area (Å²) in [6.45, 7) is 1.91. The van der Waals surface area contributed by atoms with Gasteiger partial charge in [0.25, 0.3) is 5.91 Å². The van der Waals surface area contributed by atoms with Crippen LogP contribution in [0.4, 0.5) is 0 Å². The lowest BCUT2D eigenvalue weighted by Gasteiger charge is -2.13. The average molecular weight is 271 g/mol. The molecule has 1 aliphatic rings. The number of halogens is 1. The van der Waals surface area contributed by atoms with Crippen LogP contribution in [-0.4, -0.2) is 37.0 Å². The van der Waals surface area contributed by atoms with E-state index in [4.69, 9.17) is 11.6 Å². The summed E-state index contributed by atoms with van der Waals surface area (Å²) in [5, 5.41) is 3.46. The molecule has 0 bridgehead atoms. The summed E-state index contributed by atoms with van der Waals surface area (Å²) in [7, 11) is 2.05. The lowest BCUT2D eigenvalue weighted by Crippen LogP contribution is -2.36. The molecule has 1 aromatic carbocycles. The van der Waals surface area contributed by atoms with Crippen molar-refractivity contribution in [3.63, 3.8) is 0 Å². The van der Waals surface area contributed by atoms with Gasteiger partial charge >= 0.3 is 0 Å². The molecular formula is C12H15ClN2OS. The molecule has 1 unspecified atom stereocenters. The molecule has 17 heavy (non-hydrogen) atoms. The molecule has 1 aromatic rings. The van der Waals surface area contributed by atoms with E-state index < -0.39 is 0 Å². The molecule has 0 aromatic heterocycles. The number of carbonyl (C=O) groups excluding carboxylic acids is 1. The first-order valence-corrected chi connectivity index (χ1v) is 6.36. The smallest absolute Gasteiger partial charge is 0.253 e. The molecule has 1 atom stereocenters. The summed E-state index contributed by atoms with van der Waals surface area (Å²) in [5.74, 6) is -0.119. The Kier molecular flexibility index (Phi) is 3.97. The quantitative estimate of drug-likeness (QED) is 0.807. The summed E-state index contributed by atoms with van der Waals surface area (Å²) in [5.41, 5.74) is 0.494. The Morgan fingerprint density at radius 1 is 1.59 bits per heavy atom. The minimum Gasteiger partial charge on any atom is -0.348 e. The van der Waals surface area contributed by atoms with Gasteiger partial charge in [0.15, 0.2) is 0 Å². The van der Waals surface area contributed by atoms with Gasteiger partial charge in [0.2, 0.25) is 0 Å². The third-order valence-electron chi connectivity index (χ3n) is 2.92. The Morgan fingerprint density at radius 3 is 3.00 bits per heavy atom. The number of likely N-dealkylation sites (N-methyl/N-ethyl adjacent to an activating group) is 1. The van der Waals surface area contributed by atoms with Crippen LogP contribution in [0.3, 0.4) is 0 Å². The first-order valence-electron chi connectivity index (χ1n) is 5.54. The fourth-order valence-corrected chi connectivity index (χ4v) is 2.41. The van der Waals surface area contributed by atoms with E-state index in [1.165, 1.54) is 0 Å². The monoisotopic (exact) mass is 270 g/mol. The van der Waals surface area contributed by atoms with Crippen molar-refractivity contribution >= 4 is 30.1 Å². The van der Waals surface area contributed by atoms with Crippen molar-refractivity contribution in [1.82, 2.24) is 10.2 Å². The van der Waals surface area contributed by atoms with Crippen LogP contribution < -0.4 is 5.32 Å². The number of amides is 1. The molecule has 92 valence electrons. The Hall–Kier alpha value is -0.710. The van der Waals surface area contributed by atoms with Crippen molar-refractivity contribution in [2.45, 2.75) is 17.4 Å². The maximum Gasteiger partial charge on any atom is 0.253 e. The van der Waals surface area contributed by atoms with E-state index in [9.17, 15) is 4.79 Å². The number of rotatable bonds is 2. The van der Waals surface area contributed by atoms with Crippen LogP contribution in [0.15, 0.2) is 23.1 Å². The highest BCUT2D eigenvalue weighted by molar-refractivity contribution is 7.80. The average Bonchev–Trinajstić information content (AvgIpc) is 2.67. The highest BCUT2D eigenvalue weighted by Crippen LogP contribution is 2.20. The Bertz CT molecular complexity index is 439. The first-order chi connectivity index (χ1) is 8.06. The van der Waals surface area contributed by atoms with Crippen LogP contribution >= 0.6 is 24.2 Å². The third kappa shape index (κ3) is 3.15. The maximum atomic E-state index is 12.0. The molecule has 0 radical (unpaired) electrons. The topological polar surface area (TPSA) is 32.3 Å². The normalized spacial score (nSPS) is 20.5. The van der Waals surface area contributed by atoms with E-state index in [0.29, 0.717) is 10.6 Å². The number of hydrogen-bond donors (Lipinski definition) is 2. The molecule has 0 spiro atoms.